The van der Waals surface area contributed by atoms with E-state index >= 15 is 0 Å². The van der Waals surface area contributed by atoms with Crippen LogP contribution in [0, 0.1) is 11.3 Å². The van der Waals surface area contributed by atoms with Crippen molar-refractivity contribution in [2.24, 2.45) is 5.92 Å². The average molecular weight is 272 g/mol. The van der Waals surface area contributed by atoms with Gasteiger partial charge < -0.3 is 9.84 Å². The van der Waals surface area contributed by atoms with Crippen LogP contribution in [-0.2, 0) is 16.8 Å². The van der Waals surface area contributed by atoms with E-state index in [0.717, 1.165) is 6.42 Å². The number of hydrogen-bond donors (Lipinski definition) is 2. The highest BCUT2D eigenvalue weighted by Crippen LogP contribution is 2.23. The molecular weight excluding hydrogens is 250 g/mol. The molecule has 0 aliphatic heterocycles. The molecule has 0 aliphatic carbocycles. The molecule has 3 nitrogen and oxygen atoms in total. The molecule has 1 aromatic carbocycles. The molecule has 0 aliphatic rings. The molecule has 102 valence electrons. The van der Waals surface area contributed by atoms with Crippen LogP contribution in [0.3, 0.4) is 0 Å². The van der Waals surface area contributed by atoms with Gasteiger partial charge in [0.1, 0.15) is 0 Å². The van der Waals surface area contributed by atoms with Crippen LogP contribution in [0.5, 0.6) is 0 Å². The molecule has 1 aromatic rings. The minimum atomic E-state index is -1.36. The summed E-state index contributed by atoms with van der Waals surface area (Å²) < 4.78 is 4.80. The molecule has 0 spiro atoms. The van der Waals surface area contributed by atoms with Crippen LogP contribution in [0.2, 0.25) is 0 Å². The molecule has 0 bridgehead atoms. The molecule has 0 fully saturated rings. The lowest BCUT2D eigenvalue weighted by atomic mass is 9.93. The SMILES string of the molecule is COC(=N)C(C)(O)c1ccc(CC(C)C)cc1.Cl. The molecule has 0 amide bonds. The molecule has 0 heterocycles. The van der Waals surface area contributed by atoms with Gasteiger partial charge >= 0.3 is 0 Å². The van der Waals surface area contributed by atoms with E-state index < -0.39 is 5.60 Å². The van der Waals surface area contributed by atoms with E-state index in [4.69, 9.17) is 10.1 Å². The third kappa shape index (κ3) is 4.00. The van der Waals surface area contributed by atoms with Crippen LogP contribution < -0.4 is 0 Å². The quantitative estimate of drug-likeness (QED) is 0.653. The van der Waals surface area contributed by atoms with E-state index in [9.17, 15) is 5.11 Å². The van der Waals surface area contributed by atoms with Crippen LogP contribution in [-0.4, -0.2) is 18.1 Å². The fourth-order valence-electron chi connectivity index (χ4n) is 1.77. The number of benzene rings is 1. The summed E-state index contributed by atoms with van der Waals surface area (Å²) in [5.74, 6) is 0.466. The number of nitrogens with one attached hydrogen (secondary N) is 1. The van der Waals surface area contributed by atoms with E-state index in [-0.39, 0.29) is 18.3 Å². The Balaban J connectivity index is 0.00000289. The standard InChI is InChI=1S/C14H21NO2.ClH/c1-10(2)9-11-5-7-12(8-6-11)14(3,16)13(15)17-4;/h5-8,10,15-16H,9H2,1-4H3;1H. The van der Waals surface area contributed by atoms with Crippen molar-refractivity contribution in [3.05, 3.63) is 35.4 Å². The van der Waals surface area contributed by atoms with Gasteiger partial charge in [0.05, 0.1) is 7.11 Å². The topological polar surface area (TPSA) is 53.3 Å². The number of methoxy groups -OCH3 is 1. The fourth-order valence-corrected chi connectivity index (χ4v) is 1.77. The zero-order valence-electron chi connectivity index (χ0n) is 11.4. The Labute approximate surface area is 115 Å². The summed E-state index contributed by atoms with van der Waals surface area (Å²) in [5.41, 5.74) is 0.561. The van der Waals surface area contributed by atoms with Crippen molar-refractivity contribution in [2.45, 2.75) is 32.8 Å². The molecule has 0 saturated heterocycles. The molecule has 2 N–H and O–H groups in total. The third-order valence-electron chi connectivity index (χ3n) is 2.81. The predicted molar refractivity (Wildman–Crippen MR) is 76.5 cm³/mol. The van der Waals surface area contributed by atoms with Crippen LogP contribution in [0.25, 0.3) is 0 Å². The maximum Gasteiger partial charge on any atom is 0.217 e. The third-order valence-corrected chi connectivity index (χ3v) is 2.81. The first-order valence-electron chi connectivity index (χ1n) is 5.82. The number of ether oxygens (including phenoxy) is 1. The van der Waals surface area contributed by atoms with Crippen LogP contribution in [0.4, 0.5) is 0 Å². The summed E-state index contributed by atoms with van der Waals surface area (Å²) in [4.78, 5) is 0. The van der Waals surface area contributed by atoms with E-state index in [1.54, 1.807) is 6.92 Å². The molecule has 0 aromatic heterocycles. The maximum atomic E-state index is 10.2. The Hall–Kier alpha value is -1.06. The maximum absolute atomic E-state index is 10.2. The summed E-state index contributed by atoms with van der Waals surface area (Å²) in [6.45, 7) is 5.91. The highest BCUT2D eigenvalue weighted by Gasteiger charge is 2.29. The molecule has 0 radical (unpaired) electrons. The predicted octanol–water partition coefficient (Wildman–Crippen LogP) is 3.14. The Bertz CT molecular complexity index is 385. The lowest BCUT2D eigenvalue weighted by molar-refractivity contribution is 0.102. The molecular formula is C14H22ClNO2. The van der Waals surface area contributed by atoms with Gasteiger partial charge in [-0.15, -0.1) is 12.4 Å². The van der Waals surface area contributed by atoms with Gasteiger partial charge in [0, 0.05) is 0 Å². The van der Waals surface area contributed by atoms with Gasteiger partial charge in [-0.1, -0.05) is 38.1 Å². The van der Waals surface area contributed by atoms with Crippen molar-refractivity contribution in [3.63, 3.8) is 0 Å². The van der Waals surface area contributed by atoms with E-state index in [1.165, 1.54) is 12.7 Å². The fraction of sp³-hybridized carbons (Fsp3) is 0.500. The average Bonchev–Trinajstić information content (AvgIpc) is 2.27. The lowest BCUT2D eigenvalue weighted by Crippen LogP contribution is -2.32. The first kappa shape index (κ1) is 16.9. The van der Waals surface area contributed by atoms with E-state index in [2.05, 4.69) is 13.8 Å². The minimum absolute atomic E-state index is 0. The molecule has 4 heteroatoms. The number of hydrogen-bond acceptors (Lipinski definition) is 3. The highest BCUT2D eigenvalue weighted by molar-refractivity contribution is 5.85. The van der Waals surface area contributed by atoms with Crippen molar-refractivity contribution >= 4 is 18.3 Å². The Morgan fingerprint density at radius 3 is 2.22 bits per heavy atom. The van der Waals surface area contributed by atoms with Gasteiger partial charge in [-0.2, -0.15) is 0 Å². The molecule has 1 rings (SSSR count). The van der Waals surface area contributed by atoms with Gasteiger partial charge in [-0.3, -0.25) is 5.41 Å². The first-order chi connectivity index (χ1) is 7.87. The Morgan fingerprint density at radius 1 is 1.33 bits per heavy atom. The Kier molecular flexibility index (Phi) is 6.36. The van der Waals surface area contributed by atoms with E-state index in [1.807, 2.05) is 24.3 Å². The van der Waals surface area contributed by atoms with Gasteiger partial charge in [-0.05, 0) is 30.4 Å². The number of aliphatic hydroxyl groups is 1. The van der Waals surface area contributed by atoms with Crippen LogP contribution >= 0.6 is 12.4 Å². The summed E-state index contributed by atoms with van der Waals surface area (Å²) in [6, 6.07) is 7.69. The van der Waals surface area contributed by atoms with Crippen molar-refractivity contribution in [3.8, 4) is 0 Å². The second-order valence-corrected chi connectivity index (χ2v) is 4.90. The summed E-state index contributed by atoms with van der Waals surface area (Å²) in [6.07, 6.45) is 1.02. The highest BCUT2D eigenvalue weighted by atomic mass is 35.5. The van der Waals surface area contributed by atoms with Crippen molar-refractivity contribution in [2.75, 3.05) is 7.11 Å². The zero-order valence-corrected chi connectivity index (χ0v) is 12.2. The number of rotatable bonds is 4. The van der Waals surface area contributed by atoms with Crippen LogP contribution in [0.1, 0.15) is 31.9 Å². The second kappa shape index (κ2) is 6.76. The molecule has 0 saturated carbocycles. The lowest BCUT2D eigenvalue weighted by Gasteiger charge is -2.23. The van der Waals surface area contributed by atoms with Gasteiger partial charge in [0.25, 0.3) is 0 Å². The minimum Gasteiger partial charge on any atom is -0.482 e. The first-order valence-corrected chi connectivity index (χ1v) is 5.82. The van der Waals surface area contributed by atoms with Crippen LogP contribution in [0.15, 0.2) is 24.3 Å². The molecule has 1 unspecified atom stereocenters. The summed E-state index contributed by atoms with van der Waals surface area (Å²) in [5, 5.41) is 17.7. The second-order valence-electron chi connectivity index (χ2n) is 4.90. The monoisotopic (exact) mass is 271 g/mol. The summed E-state index contributed by atoms with van der Waals surface area (Å²) >= 11 is 0. The van der Waals surface area contributed by atoms with Crippen molar-refractivity contribution in [1.82, 2.24) is 0 Å². The molecule has 18 heavy (non-hydrogen) atoms. The van der Waals surface area contributed by atoms with Gasteiger partial charge in [0.15, 0.2) is 5.60 Å². The largest absolute Gasteiger partial charge is 0.482 e. The van der Waals surface area contributed by atoms with Crippen molar-refractivity contribution in [1.29, 1.82) is 5.41 Å². The van der Waals surface area contributed by atoms with E-state index in [0.29, 0.717) is 11.5 Å². The van der Waals surface area contributed by atoms with Gasteiger partial charge in [0.2, 0.25) is 5.90 Å². The molecule has 1 atom stereocenters. The van der Waals surface area contributed by atoms with Gasteiger partial charge in [-0.25, -0.2) is 0 Å². The number of halogens is 1. The van der Waals surface area contributed by atoms with Crippen molar-refractivity contribution < 1.29 is 9.84 Å². The Morgan fingerprint density at radius 2 is 1.83 bits per heavy atom. The smallest absolute Gasteiger partial charge is 0.217 e. The normalized spacial score (nSPS) is 13.7. The zero-order chi connectivity index (χ0) is 13.1. The summed E-state index contributed by atoms with van der Waals surface area (Å²) in [7, 11) is 1.39.